The van der Waals surface area contributed by atoms with Gasteiger partial charge in [0.1, 0.15) is 0 Å². The molecule has 0 aliphatic carbocycles. The predicted octanol–water partition coefficient (Wildman–Crippen LogP) is 0.800. The number of rotatable bonds is 3. The van der Waals surface area contributed by atoms with Crippen LogP contribution in [-0.2, 0) is 4.74 Å². The van der Waals surface area contributed by atoms with Gasteiger partial charge in [0.15, 0.2) is 11.6 Å². The molecular formula is C12H17F2N3O. The minimum Gasteiger partial charge on any atom is -0.374 e. The second kappa shape index (κ2) is 5.71. The van der Waals surface area contributed by atoms with E-state index < -0.39 is 11.6 Å². The van der Waals surface area contributed by atoms with Crippen LogP contribution < -0.4 is 11.3 Å². The van der Waals surface area contributed by atoms with Crippen LogP contribution in [0.3, 0.4) is 0 Å². The van der Waals surface area contributed by atoms with Crippen molar-refractivity contribution in [2.24, 2.45) is 5.84 Å². The zero-order chi connectivity index (χ0) is 13.1. The van der Waals surface area contributed by atoms with Crippen LogP contribution in [0.2, 0.25) is 0 Å². The van der Waals surface area contributed by atoms with Gasteiger partial charge >= 0.3 is 0 Å². The van der Waals surface area contributed by atoms with Crippen LogP contribution in [0, 0.1) is 11.6 Å². The van der Waals surface area contributed by atoms with Gasteiger partial charge in [0, 0.05) is 13.1 Å². The normalized spacial score (nSPS) is 23.0. The highest BCUT2D eigenvalue weighted by Gasteiger charge is 2.27. The Morgan fingerprint density at radius 1 is 1.44 bits per heavy atom. The third kappa shape index (κ3) is 2.84. The van der Waals surface area contributed by atoms with Crippen LogP contribution >= 0.6 is 0 Å². The molecule has 0 radical (unpaired) electrons. The molecule has 1 aromatic carbocycles. The number of hydrogen-bond acceptors (Lipinski definition) is 4. The van der Waals surface area contributed by atoms with E-state index in [9.17, 15) is 8.78 Å². The molecule has 0 aromatic heterocycles. The van der Waals surface area contributed by atoms with Crippen molar-refractivity contribution in [1.29, 1.82) is 0 Å². The maximum absolute atomic E-state index is 13.2. The number of hydrazine groups is 1. The van der Waals surface area contributed by atoms with E-state index in [1.165, 1.54) is 6.07 Å². The minimum absolute atomic E-state index is 0.182. The fourth-order valence-corrected chi connectivity index (χ4v) is 2.14. The fraction of sp³-hybridized carbons (Fsp3) is 0.500. The zero-order valence-electron chi connectivity index (χ0n) is 10.2. The molecule has 4 nitrogen and oxygen atoms in total. The zero-order valence-corrected chi connectivity index (χ0v) is 10.2. The Morgan fingerprint density at radius 2 is 2.22 bits per heavy atom. The molecule has 1 aliphatic heterocycles. The monoisotopic (exact) mass is 257 g/mol. The lowest BCUT2D eigenvalue weighted by Gasteiger charge is -2.35. The SMILES string of the molecule is CN1CCOC(C(NN)c2ccc(F)c(F)c2)C1. The molecule has 18 heavy (non-hydrogen) atoms. The van der Waals surface area contributed by atoms with Gasteiger partial charge in [0.2, 0.25) is 0 Å². The molecular weight excluding hydrogens is 240 g/mol. The number of ether oxygens (including phenoxy) is 1. The van der Waals surface area contributed by atoms with Gasteiger partial charge in [-0.15, -0.1) is 0 Å². The number of hydrogen-bond donors (Lipinski definition) is 2. The van der Waals surface area contributed by atoms with Crippen molar-refractivity contribution in [2.75, 3.05) is 26.7 Å². The Hall–Kier alpha value is -1.08. The van der Waals surface area contributed by atoms with Crippen molar-refractivity contribution in [3.05, 3.63) is 35.4 Å². The molecule has 100 valence electrons. The van der Waals surface area contributed by atoms with Crippen LogP contribution in [0.15, 0.2) is 18.2 Å². The van der Waals surface area contributed by atoms with E-state index in [0.29, 0.717) is 18.7 Å². The van der Waals surface area contributed by atoms with E-state index in [-0.39, 0.29) is 12.1 Å². The molecule has 2 unspecified atom stereocenters. The lowest BCUT2D eigenvalue weighted by atomic mass is 10.0. The van der Waals surface area contributed by atoms with Crippen LogP contribution in [0.25, 0.3) is 0 Å². The molecule has 0 bridgehead atoms. The van der Waals surface area contributed by atoms with E-state index in [0.717, 1.165) is 18.7 Å². The van der Waals surface area contributed by atoms with Gasteiger partial charge in [-0.2, -0.15) is 0 Å². The van der Waals surface area contributed by atoms with Gasteiger partial charge in [-0.3, -0.25) is 11.3 Å². The molecule has 0 amide bonds. The van der Waals surface area contributed by atoms with Gasteiger partial charge in [-0.25, -0.2) is 8.78 Å². The van der Waals surface area contributed by atoms with Gasteiger partial charge < -0.3 is 9.64 Å². The summed E-state index contributed by atoms with van der Waals surface area (Å²) in [5, 5.41) is 0. The molecule has 0 spiro atoms. The van der Waals surface area contributed by atoms with Gasteiger partial charge in [-0.05, 0) is 24.7 Å². The molecule has 2 rings (SSSR count). The molecule has 1 aliphatic rings. The summed E-state index contributed by atoms with van der Waals surface area (Å²) >= 11 is 0. The summed E-state index contributed by atoms with van der Waals surface area (Å²) in [6, 6.07) is 3.41. The predicted molar refractivity (Wildman–Crippen MR) is 63.7 cm³/mol. The second-order valence-electron chi connectivity index (χ2n) is 4.49. The van der Waals surface area contributed by atoms with Crippen molar-refractivity contribution in [3.8, 4) is 0 Å². The van der Waals surface area contributed by atoms with Crippen LogP contribution in [0.5, 0.6) is 0 Å². The Bertz CT molecular complexity index is 416. The molecule has 0 saturated carbocycles. The van der Waals surface area contributed by atoms with Crippen molar-refractivity contribution in [3.63, 3.8) is 0 Å². The first-order chi connectivity index (χ1) is 8.61. The minimum atomic E-state index is -0.878. The first-order valence-electron chi connectivity index (χ1n) is 5.83. The quantitative estimate of drug-likeness (QED) is 0.621. The summed E-state index contributed by atoms with van der Waals surface area (Å²) in [5.74, 6) is 3.76. The molecule has 1 saturated heterocycles. The molecule has 2 atom stereocenters. The van der Waals surface area contributed by atoms with E-state index in [2.05, 4.69) is 10.3 Å². The van der Waals surface area contributed by atoms with E-state index in [4.69, 9.17) is 10.6 Å². The number of morpholine rings is 1. The number of halogens is 2. The Morgan fingerprint density at radius 3 is 2.83 bits per heavy atom. The third-order valence-corrected chi connectivity index (χ3v) is 3.15. The smallest absolute Gasteiger partial charge is 0.159 e. The average Bonchev–Trinajstić information content (AvgIpc) is 2.35. The average molecular weight is 257 g/mol. The van der Waals surface area contributed by atoms with E-state index in [1.54, 1.807) is 0 Å². The lowest BCUT2D eigenvalue weighted by molar-refractivity contribution is -0.0393. The van der Waals surface area contributed by atoms with Crippen molar-refractivity contribution < 1.29 is 13.5 Å². The first-order valence-corrected chi connectivity index (χ1v) is 5.83. The van der Waals surface area contributed by atoms with E-state index >= 15 is 0 Å². The van der Waals surface area contributed by atoms with Crippen LogP contribution in [0.1, 0.15) is 11.6 Å². The topological polar surface area (TPSA) is 50.5 Å². The summed E-state index contributed by atoms with van der Waals surface area (Å²) < 4.78 is 31.8. The van der Waals surface area contributed by atoms with Crippen molar-refractivity contribution >= 4 is 0 Å². The third-order valence-electron chi connectivity index (χ3n) is 3.15. The highest BCUT2D eigenvalue weighted by molar-refractivity contribution is 5.22. The summed E-state index contributed by atoms with van der Waals surface area (Å²) in [4.78, 5) is 2.11. The second-order valence-corrected chi connectivity index (χ2v) is 4.49. The highest BCUT2D eigenvalue weighted by atomic mass is 19.2. The largest absolute Gasteiger partial charge is 0.374 e. The van der Waals surface area contributed by atoms with E-state index in [1.807, 2.05) is 7.05 Å². The van der Waals surface area contributed by atoms with Crippen LogP contribution in [-0.4, -0.2) is 37.7 Å². The van der Waals surface area contributed by atoms with Gasteiger partial charge in [0.05, 0.1) is 18.8 Å². The molecule has 1 aromatic rings. The number of likely N-dealkylation sites (N-methyl/N-ethyl adjacent to an activating group) is 1. The summed E-state index contributed by atoms with van der Waals surface area (Å²) in [5.41, 5.74) is 3.19. The molecule has 3 N–H and O–H groups in total. The fourth-order valence-electron chi connectivity index (χ4n) is 2.14. The molecule has 1 fully saturated rings. The van der Waals surface area contributed by atoms with Crippen LogP contribution in [0.4, 0.5) is 8.78 Å². The summed E-state index contributed by atoms with van der Waals surface area (Å²) in [6.45, 7) is 2.14. The Kier molecular flexibility index (Phi) is 4.23. The maximum atomic E-state index is 13.2. The summed E-state index contributed by atoms with van der Waals surface area (Å²) in [7, 11) is 1.98. The summed E-state index contributed by atoms with van der Waals surface area (Å²) in [6.07, 6.45) is -0.182. The number of benzene rings is 1. The molecule has 6 heteroatoms. The number of nitrogens with zero attached hydrogens (tertiary/aromatic N) is 1. The number of nitrogens with two attached hydrogens (primary N) is 1. The highest BCUT2D eigenvalue weighted by Crippen LogP contribution is 2.23. The molecule has 1 heterocycles. The first kappa shape index (κ1) is 13.4. The van der Waals surface area contributed by atoms with Gasteiger partial charge in [0.25, 0.3) is 0 Å². The Balaban J connectivity index is 2.18. The lowest BCUT2D eigenvalue weighted by Crippen LogP contribution is -2.48. The van der Waals surface area contributed by atoms with Crippen molar-refractivity contribution in [1.82, 2.24) is 10.3 Å². The number of nitrogens with one attached hydrogen (secondary N) is 1. The van der Waals surface area contributed by atoms with Crippen molar-refractivity contribution in [2.45, 2.75) is 12.1 Å². The maximum Gasteiger partial charge on any atom is 0.159 e. The Labute approximate surface area is 105 Å². The van der Waals surface area contributed by atoms with Gasteiger partial charge in [-0.1, -0.05) is 6.07 Å². The standard InChI is InChI=1S/C12H17F2N3O/c1-17-4-5-18-11(7-17)12(16-15)8-2-3-9(13)10(14)6-8/h2-3,6,11-12,16H,4-5,7,15H2,1H3.